The lowest BCUT2D eigenvalue weighted by atomic mass is 10.2. The number of para-hydroxylation sites is 1. The van der Waals surface area contributed by atoms with Crippen LogP contribution in [0, 0.1) is 11.6 Å². The fraction of sp³-hybridized carbons (Fsp3) is 0.0476. The van der Waals surface area contributed by atoms with Crippen LogP contribution in [0.1, 0.15) is 5.56 Å². The number of hydrogen-bond acceptors (Lipinski definition) is 6. The maximum atomic E-state index is 13.6. The molecule has 0 atom stereocenters. The number of aromatic nitrogens is 4. The van der Waals surface area contributed by atoms with E-state index in [-0.39, 0.29) is 6.01 Å². The predicted molar refractivity (Wildman–Crippen MR) is 100 cm³/mol. The van der Waals surface area contributed by atoms with Crippen LogP contribution in [0.4, 0.5) is 8.78 Å². The molecule has 4 rings (SSSR count). The van der Waals surface area contributed by atoms with Gasteiger partial charge in [-0.25, -0.2) is 18.7 Å². The first-order valence-corrected chi connectivity index (χ1v) is 8.64. The maximum absolute atomic E-state index is 13.6. The molecule has 2 heterocycles. The van der Waals surface area contributed by atoms with Crippen LogP contribution < -0.4 is 9.47 Å². The molecule has 0 spiro atoms. The largest absolute Gasteiger partial charge is 0.472 e. The van der Waals surface area contributed by atoms with Gasteiger partial charge < -0.3 is 9.47 Å². The molecule has 0 N–H and O–H groups in total. The summed E-state index contributed by atoms with van der Waals surface area (Å²) in [5.41, 5.74) is 2.10. The van der Waals surface area contributed by atoms with Gasteiger partial charge in [-0.1, -0.05) is 36.4 Å². The van der Waals surface area contributed by atoms with Gasteiger partial charge in [0.2, 0.25) is 11.6 Å². The number of nitrogens with zero attached hydrogens (tertiary/aromatic N) is 4. The van der Waals surface area contributed by atoms with Crippen LogP contribution in [-0.4, -0.2) is 20.2 Å². The average molecular weight is 392 g/mol. The quantitative estimate of drug-likeness (QED) is 0.478. The number of hydrogen-bond donors (Lipinski definition) is 0. The molecule has 0 amide bonds. The second-order valence-corrected chi connectivity index (χ2v) is 5.94. The van der Waals surface area contributed by atoms with E-state index in [1.54, 1.807) is 12.1 Å². The molecule has 0 aliphatic heterocycles. The molecule has 0 aliphatic rings. The highest BCUT2D eigenvalue weighted by molar-refractivity contribution is 5.56. The number of benzene rings is 2. The molecule has 2 aromatic heterocycles. The van der Waals surface area contributed by atoms with E-state index in [4.69, 9.17) is 9.47 Å². The minimum Gasteiger partial charge on any atom is -0.472 e. The summed E-state index contributed by atoms with van der Waals surface area (Å²) >= 11 is 0. The zero-order valence-corrected chi connectivity index (χ0v) is 15.0. The van der Waals surface area contributed by atoms with E-state index in [0.717, 1.165) is 17.7 Å². The molecule has 0 radical (unpaired) electrons. The molecule has 0 unspecified atom stereocenters. The Kier molecular flexibility index (Phi) is 5.33. The highest BCUT2D eigenvalue weighted by atomic mass is 19.1. The van der Waals surface area contributed by atoms with Crippen LogP contribution in [0.25, 0.3) is 11.3 Å². The van der Waals surface area contributed by atoms with E-state index >= 15 is 0 Å². The Balaban J connectivity index is 1.42. The number of halogens is 2. The Morgan fingerprint density at radius 2 is 1.48 bits per heavy atom. The Labute approximate surface area is 164 Å². The van der Waals surface area contributed by atoms with E-state index in [2.05, 4.69) is 20.2 Å². The first kappa shape index (κ1) is 18.4. The van der Waals surface area contributed by atoms with Gasteiger partial charge in [-0.3, -0.25) is 0 Å². The summed E-state index contributed by atoms with van der Waals surface area (Å²) in [6.45, 7) is 0.386. The monoisotopic (exact) mass is 392 g/mol. The Bertz CT molecular complexity index is 1070. The molecule has 144 valence electrons. The maximum Gasteiger partial charge on any atom is 0.322 e. The van der Waals surface area contributed by atoms with Crippen LogP contribution >= 0.6 is 0 Å². The van der Waals surface area contributed by atoms with Crippen LogP contribution in [0.15, 0.2) is 73.1 Å². The van der Waals surface area contributed by atoms with Crippen molar-refractivity contribution in [3.63, 3.8) is 0 Å². The van der Waals surface area contributed by atoms with Crippen molar-refractivity contribution < 1.29 is 18.3 Å². The fourth-order valence-corrected chi connectivity index (χ4v) is 2.45. The third-order valence-electron chi connectivity index (χ3n) is 3.91. The van der Waals surface area contributed by atoms with Crippen LogP contribution in [0.3, 0.4) is 0 Å². The van der Waals surface area contributed by atoms with E-state index in [1.807, 2.05) is 30.3 Å². The third kappa shape index (κ3) is 4.49. The lowest BCUT2D eigenvalue weighted by Gasteiger charge is -2.07. The molecule has 4 aromatic rings. The lowest BCUT2D eigenvalue weighted by molar-refractivity contribution is 0.290. The molecule has 6 nitrogen and oxygen atoms in total. The zero-order chi connectivity index (χ0) is 20.1. The zero-order valence-electron chi connectivity index (χ0n) is 15.0. The highest BCUT2D eigenvalue weighted by Crippen LogP contribution is 2.26. The fourth-order valence-electron chi connectivity index (χ4n) is 2.45. The standard InChI is InChI=1S/C21H14F2N4O2/c22-16-7-4-8-17(23)20(16)29-21-24-11-15(12-25-21)18-9-10-19(27-26-18)28-13-14-5-2-1-3-6-14/h1-12H,13H2. The van der Waals surface area contributed by atoms with Crippen molar-refractivity contribution in [2.45, 2.75) is 6.61 Å². The van der Waals surface area contributed by atoms with Crippen molar-refractivity contribution in [3.8, 4) is 28.9 Å². The first-order valence-electron chi connectivity index (χ1n) is 8.64. The summed E-state index contributed by atoms with van der Waals surface area (Å²) in [6, 6.07) is 16.3. The molecular weight excluding hydrogens is 378 g/mol. The third-order valence-corrected chi connectivity index (χ3v) is 3.91. The molecule has 0 saturated heterocycles. The topological polar surface area (TPSA) is 70.0 Å². The molecule has 0 bridgehead atoms. The van der Waals surface area contributed by atoms with Crippen molar-refractivity contribution >= 4 is 0 Å². The van der Waals surface area contributed by atoms with Crippen molar-refractivity contribution in [2.75, 3.05) is 0 Å². The molecule has 0 aliphatic carbocycles. The number of rotatable bonds is 6. The van der Waals surface area contributed by atoms with Gasteiger partial charge in [0.25, 0.3) is 0 Å². The first-order chi connectivity index (χ1) is 14.2. The molecule has 29 heavy (non-hydrogen) atoms. The Hall–Kier alpha value is -3.94. The summed E-state index contributed by atoms with van der Waals surface area (Å²) in [7, 11) is 0. The van der Waals surface area contributed by atoms with Gasteiger partial charge in [0, 0.05) is 24.0 Å². The minimum absolute atomic E-state index is 0.187. The lowest BCUT2D eigenvalue weighted by Crippen LogP contribution is -1.99. The summed E-state index contributed by atoms with van der Waals surface area (Å²) < 4.78 is 38.0. The second-order valence-electron chi connectivity index (χ2n) is 5.94. The molecule has 8 heteroatoms. The van der Waals surface area contributed by atoms with Crippen LogP contribution in [-0.2, 0) is 6.61 Å². The van der Waals surface area contributed by atoms with Crippen molar-refractivity contribution in [1.29, 1.82) is 0 Å². The van der Waals surface area contributed by atoms with Crippen molar-refractivity contribution in [3.05, 3.63) is 90.3 Å². The summed E-state index contributed by atoms with van der Waals surface area (Å²) in [6.07, 6.45) is 2.85. The van der Waals surface area contributed by atoms with Gasteiger partial charge in [-0.15, -0.1) is 10.2 Å². The smallest absolute Gasteiger partial charge is 0.322 e. The summed E-state index contributed by atoms with van der Waals surface area (Å²) in [5.74, 6) is -1.85. The van der Waals surface area contributed by atoms with E-state index in [9.17, 15) is 8.78 Å². The normalized spacial score (nSPS) is 10.6. The second kappa shape index (κ2) is 8.39. The molecule has 2 aromatic carbocycles. The van der Waals surface area contributed by atoms with Gasteiger partial charge in [-0.2, -0.15) is 0 Å². The van der Waals surface area contributed by atoms with Crippen molar-refractivity contribution in [1.82, 2.24) is 20.2 Å². The van der Waals surface area contributed by atoms with Gasteiger partial charge >= 0.3 is 6.01 Å². The van der Waals surface area contributed by atoms with E-state index in [0.29, 0.717) is 23.7 Å². The van der Waals surface area contributed by atoms with E-state index < -0.39 is 17.4 Å². The SMILES string of the molecule is Fc1cccc(F)c1Oc1ncc(-c2ccc(OCc3ccccc3)nn2)cn1. The van der Waals surface area contributed by atoms with Gasteiger partial charge in [0.05, 0.1) is 5.69 Å². The highest BCUT2D eigenvalue weighted by Gasteiger charge is 2.13. The van der Waals surface area contributed by atoms with Crippen LogP contribution in [0.5, 0.6) is 17.6 Å². The van der Waals surface area contributed by atoms with Crippen molar-refractivity contribution in [2.24, 2.45) is 0 Å². The minimum atomic E-state index is -0.838. The van der Waals surface area contributed by atoms with Gasteiger partial charge in [0.1, 0.15) is 6.61 Å². The Morgan fingerprint density at radius 3 is 2.14 bits per heavy atom. The molecular formula is C21H14F2N4O2. The molecule has 0 saturated carbocycles. The summed E-state index contributed by atoms with van der Waals surface area (Å²) in [5, 5.41) is 8.11. The summed E-state index contributed by atoms with van der Waals surface area (Å²) in [4.78, 5) is 7.93. The Morgan fingerprint density at radius 1 is 0.759 bits per heavy atom. The van der Waals surface area contributed by atoms with Crippen LogP contribution in [0.2, 0.25) is 0 Å². The predicted octanol–water partition coefficient (Wildman–Crippen LogP) is 4.58. The van der Waals surface area contributed by atoms with Gasteiger partial charge in [0.15, 0.2) is 11.6 Å². The molecule has 0 fully saturated rings. The van der Waals surface area contributed by atoms with E-state index in [1.165, 1.54) is 18.5 Å². The number of ether oxygens (including phenoxy) is 2. The average Bonchev–Trinajstić information content (AvgIpc) is 2.77. The van der Waals surface area contributed by atoms with Gasteiger partial charge in [-0.05, 0) is 23.8 Å².